The highest BCUT2D eigenvalue weighted by atomic mass is 16.1. The summed E-state index contributed by atoms with van der Waals surface area (Å²) in [4.78, 5) is 16.9. The molecule has 0 saturated carbocycles. The fourth-order valence-corrected chi connectivity index (χ4v) is 3.96. The zero-order chi connectivity index (χ0) is 14.2. The van der Waals surface area contributed by atoms with Crippen molar-refractivity contribution in [3.63, 3.8) is 0 Å². The van der Waals surface area contributed by atoms with Gasteiger partial charge < -0.3 is 5.32 Å². The van der Waals surface area contributed by atoms with Crippen LogP contribution in [0.1, 0.15) is 42.5 Å². The molecule has 3 nitrogen and oxygen atoms in total. The quantitative estimate of drug-likeness (QED) is 0.877. The molecule has 21 heavy (non-hydrogen) atoms. The second-order valence-electron chi connectivity index (χ2n) is 6.51. The van der Waals surface area contributed by atoms with Crippen molar-refractivity contribution >= 4 is 16.7 Å². The number of aromatic nitrogens is 1. The molecule has 108 valence electrons. The summed E-state index contributed by atoms with van der Waals surface area (Å²) in [5.41, 5.74) is 1.72. The number of carbonyl (C=O) groups excluding carboxylic acids is 1. The minimum Gasteiger partial charge on any atom is -0.311 e. The summed E-state index contributed by atoms with van der Waals surface area (Å²) in [5.74, 6) is 0.824. The Labute approximate surface area is 124 Å². The van der Waals surface area contributed by atoms with E-state index in [0.29, 0.717) is 24.4 Å². The van der Waals surface area contributed by atoms with E-state index in [1.165, 1.54) is 12.8 Å². The van der Waals surface area contributed by atoms with Crippen molar-refractivity contribution in [3.8, 4) is 0 Å². The number of carbonyl (C=O) groups is 1. The summed E-state index contributed by atoms with van der Waals surface area (Å²) in [6.07, 6.45) is 7.36. The fraction of sp³-hybridized carbons (Fsp3) is 0.444. The van der Waals surface area contributed by atoms with Gasteiger partial charge in [-0.05, 0) is 43.7 Å². The van der Waals surface area contributed by atoms with E-state index in [2.05, 4.69) is 10.3 Å². The Bertz CT molecular complexity index is 670. The van der Waals surface area contributed by atoms with Crippen LogP contribution in [0.4, 0.5) is 0 Å². The number of Topliss-reactive ketones (excluding diaryl/α,β-unsaturated/α-hetero) is 1. The number of rotatable bonds is 3. The number of hydrogen-bond donors (Lipinski definition) is 1. The average Bonchev–Trinajstić information content (AvgIpc) is 2.85. The minimum atomic E-state index is 0.272. The number of nitrogens with zero attached hydrogens (tertiary/aromatic N) is 1. The molecule has 1 aromatic carbocycles. The summed E-state index contributed by atoms with van der Waals surface area (Å²) < 4.78 is 0. The lowest BCUT2D eigenvalue weighted by Crippen LogP contribution is -2.38. The fourth-order valence-electron chi connectivity index (χ4n) is 3.96. The van der Waals surface area contributed by atoms with Gasteiger partial charge in [-0.1, -0.05) is 18.2 Å². The Morgan fingerprint density at radius 1 is 1.19 bits per heavy atom. The minimum absolute atomic E-state index is 0.272. The van der Waals surface area contributed by atoms with E-state index in [1.807, 2.05) is 30.3 Å². The van der Waals surface area contributed by atoms with Gasteiger partial charge in [0.05, 0.1) is 5.52 Å². The summed E-state index contributed by atoms with van der Waals surface area (Å²) in [6.45, 7) is 0. The smallest absolute Gasteiger partial charge is 0.163 e. The lowest BCUT2D eigenvalue weighted by atomic mass is 9.87. The van der Waals surface area contributed by atoms with Crippen molar-refractivity contribution in [2.45, 2.75) is 44.2 Å². The summed E-state index contributed by atoms with van der Waals surface area (Å²) in [7, 11) is 0. The molecule has 3 heteroatoms. The Kier molecular flexibility index (Phi) is 3.23. The Hall–Kier alpha value is -1.74. The molecule has 1 N–H and O–H groups in total. The SMILES string of the molecule is O=C(CC1CC2CCC(C1)N2)c1ccc2cccnc2c1. The maximum atomic E-state index is 12.5. The molecule has 1 aromatic heterocycles. The number of piperidine rings is 1. The van der Waals surface area contributed by atoms with Crippen molar-refractivity contribution in [2.75, 3.05) is 0 Å². The van der Waals surface area contributed by atoms with Crippen LogP contribution in [0.5, 0.6) is 0 Å². The second kappa shape index (κ2) is 5.23. The van der Waals surface area contributed by atoms with Crippen LogP contribution in [-0.2, 0) is 0 Å². The number of ketones is 1. The molecule has 2 saturated heterocycles. The molecule has 4 rings (SSSR count). The van der Waals surface area contributed by atoms with Gasteiger partial charge in [-0.25, -0.2) is 0 Å². The normalized spacial score (nSPS) is 27.9. The summed E-state index contributed by atoms with van der Waals surface area (Å²) in [5, 5.41) is 4.73. The predicted octanol–water partition coefficient (Wildman–Crippen LogP) is 3.34. The van der Waals surface area contributed by atoms with Crippen molar-refractivity contribution in [2.24, 2.45) is 5.92 Å². The van der Waals surface area contributed by atoms with Crippen LogP contribution in [0, 0.1) is 5.92 Å². The van der Waals surface area contributed by atoms with Crippen molar-refractivity contribution in [3.05, 3.63) is 42.1 Å². The Balaban J connectivity index is 1.50. The monoisotopic (exact) mass is 280 g/mol. The van der Waals surface area contributed by atoms with Gasteiger partial charge in [-0.3, -0.25) is 9.78 Å². The first kappa shape index (κ1) is 13.0. The van der Waals surface area contributed by atoms with E-state index in [4.69, 9.17) is 0 Å². The molecule has 2 aromatic rings. The average molecular weight is 280 g/mol. The van der Waals surface area contributed by atoms with Crippen LogP contribution >= 0.6 is 0 Å². The molecular weight excluding hydrogens is 260 g/mol. The first-order valence-electron chi connectivity index (χ1n) is 7.92. The molecule has 0 amide bonds. The van der Waals surface area contributed by atoms with Gasteiger partial charge in [-0.2, -0.15) is 0 Å². The van der Waals surface area contributed by atoms with Crippen LogP contribution in [0.2, 0.25) is 0 Å². The van der Waals surface area contributed by atoms with E-state index < -0.39 is 0 Å². The number of benzene rings is 1. The highest BCUT2D eigenvalue weighted by Gasteiger charge is 2.34. The van der Waals surface area contributed by atoms with E-state index in [-0.39, 0.29) is 5.78 Å². The number of pyridine rings is 1. The second-order valence-corrected chi connectivity index (χ2v) is 6.51. The van der Waals surface area contributed by atoms with E-state index in [0.717, 1.165) is 29.3 Å². The van der Waals surface area contributed by atoms with E-state index in [1.54, 1.807) is 6.20 Å². The molecule has 2 aliphatic heterocycles. The third-order valence-corrected chi connectivity index (χ3v) is 4.97. The zero-order valence-electron chi connectivity index (χ0n) is 12.1. The largest absolute Gasteiger partial charge is 0.311 e. The molecule has 2 aliphatic rings. The summed E-state index contributed by atoms with van der Waals surface area (Å²) >= 11 is 0. The lowest BCUT2D eigenvalue weighted by Gasteiger charge is -2.28. The maximum Gasteiger partial charge on any atom is 0.163 e. The molecule has 2 fully saturated rings. The van der Waals surface area contributed by atoms with Crippen molar-refractivity contribution < 1.29 is 4.79 Å². The van der Waals surface area contributed by atoms with Crippen LogP contribution in [-0.4, -0.2) is 22.9 Å². The number of fused-ring (bicyclic) bond motifs is 3. The molecule has 0 aliphatic carbocycles. The van der Waals surface area contributed by atoms with Gasteiger partial charge in [-0.15, -0.1) is 0 Å². The molecule has 0 radical (unpaired) electrons. The predicted molar refractivity (Wildman–Crippen MR) is 83.4 cm³/mol. The Morgan fingerprint density at radius 3 is 2.81 bits per heavy atom. The lowest BCUT2D eigenvalue weighted by molar-refractivity contribution is 0.0945. The molecule has 3 heterocycles. The highest BCUT2D eigenvalue weighted by Crippen LogP contribution is 2.33. The molecule has 0 spiro atoms. The van der Waals surface area contributed by atoms with Crippen molar-refractivity contribution in [1.82, 2.24) is 10.3 Å². The van der Waals surface area contributed by atoms with Crippen LogP contribution in [0.15, 0.2) is 36.5 Å². The molecule has 2 unspecified atom stereocenters. The molecular formula is C18H20N2O. The number of hydrogen-bond acceptors (Lipinski definition) is 3. The van der Waals surface area contributed by atoms with Gasteiger partial charge in [0.1, 0.15) is 0 Å². The zero-order valence-corrected chi connectivity index (χ0v) is 12.1. The highest BCUT2D eigenvalue weighted by molar-refractivity contribution is 5.99. The van der Waals surface area contributed by atoms with E-state index in [9.17, 15) is 4.79 Å². The first-order valence-corrected chi connectivity index (χ1v) is 7.92. The first-order chi connectivity index (χ1) is 10.3. The van der Waals surface area contributed by atoms with Crippen LogP contribution in [0.3, 0.4) is 0 Å². The topological polar surface area (TPSA) is 42.0 Å². The van der Waals surface area contributed by atoms with Gasteiger partial charge in [0.2, 0.25) is 0 Å². The molecule has 2 bridgehead atoms. The maximum absolute atomic E-state index is 12.5. The molecule has 2 atom stereocenters. The standard InChI is InChI=1S/C18H20N2O/c21-18(10-12-8-15-5-6-16(9-12)20-15)14-4-3-13-2-1-7-19-17(13)11-14/h1-4,7,11-12,15-16,20H,5-6,8-10H2. The van der Waals surface area contributed by atoms with Gasteiger partial charge in [0, 0.05) is 35.7 Å². The van der Waals surface area contributed by atoms with Crippen molar-refractivity contribution in [1.29, 1.82) is 0 Å². The van der Waals surface area contributed by atoms with E-state index >= 15 is 0 Å². The third kappa shape index (κ3) is 2.58. The third-order valence-electron chi connectivity index (χ3n) is 4.97. The number of nitrogens with one attached hydrogen (secondary N) is 1. The van der Waals surface area contributed by atoms with Gasteiger partial charge >= 0.3 is 0 Å². The van der Waals surface area contributed by atoms with Crippen LogP contribution < -0.4 is 5.32 Å². The summed E-state index contributed by atoms with van der Waals surface area (Å²) in [6, 6.07) is 11.1. The Morgan fingerprint density at radius 2 is 2.00 bits per heavy atom. The van der Waals surface area contributed by atoms with Gasteiger partial charge in [0.25, 0.3) is 0 Å². The van der Waals surface area contributed by atoms with Crippen LogP contribution in [0.25, 0.3) is 10.9 Å². The van der Waals surface area contributed by atoms with Gasteiger partial charge in [0.15, 0.2) is 5.78 Å².